The molecule has 1 aromatic rings. The first kappa shape index (κ1) is 13.8. The number of anilines is 1. The number of alkyl halides is 1. The SMILES string of the molecule is CCCCN(CCCl)c1ncc(Br)cc1C. The van der Waals surface area contributed by atoms with Crippen LogP contribution >= 0.6 is 27.5 Å². The Labute approximate surface area is 111 Å². The number of hydrogen-bond donors (Lipinski definition) is 0. The number of pyridine rings is 1. The van der Waals surface area contributed by atoms with E-state index >= 15 is 0 Å². The fraction of sp³-hybridized carbons (Fsp3) is 0.583. The minimum Gasteiger partial charge on any atom is -0.355 e. The van der Waals surface area contributed by atoms with Gasteiger partial charge in [-0.05, 0) is 40.9 Å². The Bertz CT molecular complexity index is 331. The molecule has 2 nitrogen and oxygen atoms in total. The zero-order valence-corrected chi connectivity index (χ0v) is 12.2. The van der Waals surface area contributed by atoms with Gasteiger partial charge in [0.1, 0.15) is 5.82 Å². The topological polar surface area (TPSA) is 16.1 Å². The Hall–Kier alpha value is -0.280. The van der Waals surface area contributed by atoms with E-state index in [9.17, 15) is 0 Å². The van der Waals surface area contributed by atoms with Crippen LogP contribution in [0.4, 0.5) is 5.82 Å². The maximum atomic E-state index is 5.83. The van der Waals surface area contributed by atoms with E-state index in [1.165, 1.54) is 18.4 Å². The predicted octanol–water partition coefficient (Wildman–Crippen LogP) is 4.00. The highest BCUT2D eigenvalue weighted by molar-refractivity contribution is 9.10. The predicted molar refractivity (Wildman–Crippen MR) is 74.5 cm³/mol. The van der Waals surface area contributed by atoms with Gasteiger partial charge in [-0.2, -0.15) is 0 Å². The standard InChI is InChI=1S/C12H18BrClN2/c1-3-4-6-16(7-5-14)12-10(2)8-11(13)9-15-12/h8-9H,3-7H2,1-2H3. The molecule has 0 radical (unpaired) electrons. The molecule has 90 valence electrons. The molecule has 16 heavy (non-hydrogen) atoms. The van der Waals surface area contributed by atoms with Crippen molar-refractivity contribution in [2.45, 2.75) is 26.7 Å². The summed E-state index contributed by atoms with van der Waals surface area (Å²) in [6.45, 7) is 6.16. The van der Waals surface area contributed by atoms with Crippen molar-refractivity contribution in [2.75, 3.05) is 23.9 Å². The number of hydrogen-bond acceptors (Lipinski definition) is 2. The van der Waals surface area contributed by atoms with E-state index in [4.69, 9.17) is 11.6 Å². The van der Waals surface area contributed by atoms with Crippen molar-refractivity contribution in [2.24, 2.45) is 0 Å². The van der Waals surface area contributed by atoms with Gasteiger partial charge in [-0.25, -0.2) is 4.98 Å². The summed E-state index contributed by atoms with van der Waals surface area (Å²) in [6, 6.07) is 2.09. The van der Waals surface area contributed by atoms with E-state index in [-0.39, 0.29) is 0 Å². The average Bonchev–Trinajstić information content (AvgIpc) is 2.25. The molecule has 1 heterocycles. The van der Waals surface area contributed by atoms with Crippen LogP contribution in [-0.4, -0.2) is 24.0 Å². The Morgan fingerprint density at radius 3 is 2.75 bits per heavy atom. The van der Waals surface area contributed by atoms with Gasteiger partial charge in [0.15, 0.2) is 0 Å². The molecule has 0 aromatic carbocycles. The van der Waals surface area contributed by atoms with Gasteiger partial charge in [0.2, 0.25) is 0 Å². The molecule has 0 fully saturated rings. The van der Waals surface area contributed by atoms with Crippen molar-refractivity contribution in [3.8, 4) is 0 Å². The summed E-state index contributed by atoms with van der Waals surface area (Å²) in [4.78, 5) is 6.73. The highest BCUT2D eigenvalue weighted by Crippen LogP contribution is 2.21. The molecular formula is C12H18BrClN2. The second kappa shape index (κ2) is 7.13. The molecule has 4 heteroatoms. The van der Waals surface area contributed by atoms with Crippen LogP contribution in [0.15, 0.2) is 16.7 Å². The van der Waals surface area contributed by atoms with Crippen LogP contribution in [0, 0.1) is 6.92 Å². The second-order valence-electron chi connectivity index (χ2n) is 3.82. The summed E-state index contributed by atoms with van der Waals surface area (Å²) in [6.07, 6.45) is 4.21. The minimum absolute atomic E-state index is 0.640. The maximum Gasteiger partial charge on any atom is 0.131 e. The first-order valence-corrected chi connectivity index (χ1v) is 6.94. The zero-order valence-electron chi connectivity index (χ0n) is 9.84. The van der Waals surface area contributed by atoms with Crippen LogP contribution in [0.5, 0.6) is 0 Å². The van der Waals surface area contributed by atoms with E-state index in [1.54, 1.807) is 0 Å². The Balaban J connectivity index is 2.82. The third-order valence-electron chi connectivity index (χ3n) is 2.45. The van der Waals surface area contributed by atoms with Gasteiger partial charge < -0.3 is 4.90 Å². The van der Waals surface area contributed by atoms with E-state index in [0.717, 1.165) is 23.4 Å². The van der Waals surface area contributed by atoms with Crippen LogP contribution in [0.2, 0.25) is 0 Å². The van der Waals surface area contributed by atoms with Crippen molar-refractivity contribution in [1.29, 1.82) is 0 Å². The molecule has 1 rings (SSSR count). The Kier molecular flexibility index (Phi) is 6.14. The van der Waals surface area contributed by atoms with E-state index in [0.29, 0.717) is 5.88 Å². The van der Waals surface area contributed by atoms with Crippen molar-refractivity contribution < 1.29 is 0 Å². The van der Waals surface area contributed by atoms with Crippen LogP contribution < -0.4 is 4.90 Å². The first-order chi connectivity index (χ1) is 7.69. The lowest BCUT2D eigenvalue weighted by atomic mass is 10.2. The highest BCUT2D eigenvalue weighted by atomic mass is 79.9. The normalized spacial score (nSPS) is 10.5. The Morgan fingerprint density at radius 1 is 1.44 bits per heavy atom. The summed E-state index contributed by atoms with van der Waals surface area (Å²) >= 11 is 9.26. The fourth-order valence-electron chi connectivity index (χ4n) is 1.64. The smallest absolute Gasteiger partial charge is 0.131 e. The van der Waals surface area contributed by atoms with E-state index in [2.05, 4.69) is 45.7 Å². The minimum atomic E-state index is 0.640. The van der Waals surface area contributed by atoms with Gasteiger partial charge in [0, 0.05) is 29.6 Å². The summed E-state index contributed by atoms with van der Waals surface area (Å²) < 4.78 is 1.02. The summed E-state index contributed by atoms with van der Waals surface area (Å²) in [5.41, 5.74) is 1.19. The van der Waals surface area contributed by atoms with Crippen LogP contribution in [0.3, 0.4) is 0 Å². The molecule has 0 bridgehead atoms. The van der Waals surface area contributed by atoms with Crippen molar-refractivity contribution in [3.05, 3.63) is 22.3 Å². The van der Waals surface area contributed by atoms with Crippen molar-refractivity contribution in [1.82, 2.24) is 4.98 Å². The molecule has 0 saturated carbocycles. The third-order valence-corrected chi connectivity index (χ3v) is 3.06. The van der Waals surface area contributed by atoms with Gasteiger partial charge in [0.25, 0.3) is 0 Å². The molecule has 0 aliphatic heterocycles. The highest BCUT2D eigenvalue weighted by Gasteiger charge is 2.09. The average molecular weight is 306 g/mol. The number of aryl methyl sites for hydroxylation is 1. The lowest BCUT2D eigenvalue weighted by molar-refractivity contribution is 0.723. The monoisotopic (exact) mass is 304 g/mol. The molecule has 0 unspecified atom stereocenters. The number of unbranched alkanes of at least 4 members (excludes halogenated alkanes) is 1. The number of rotatable bonds is 6. The molecule has 1 aromatic heterocycles. The van der Waals surface area contributed by atoms with Gasteiger partial charge in [-0.15, -0.1) is 11.6 Å². The van der Waals surface area contributed by atoms with Gasteiger partial charge in [0.05, 0.1) is 0 Å². The van der Waals surface area contributed by atoms with E-state index in [1.807, 2.05) is 6.20 Å². The molecule has 0 atom stereocenters. The summed E-state index contributed by atoms with van der Waals surface area (Å²) in [5.74, 6) is 1.69. The largest absolute Gasteiger partial charge is 0.355 e. The molecule has 0 aliphatic carbocycles. The molecule has 0 amide bonds. The lowest BCUT2D eigenvalue weighted by Gasteiger charge is -2.24. The van der Waals surface area contributed by atoms with Crippen LogP contribution in [0.1, 0.15) is 25.3 Å². The van der Waals surface area contributed by atoms with Crippen LogP contribution in [0.25, 0.3) is 0 Å². The first-order valence-electron chi connectivity index (χ1n) is 5.62. The number of nitrogens with zero attached hydrogens (tertiary/aromatic N) is 2. The molecule has 0 N–H and O–H groups in total. The van der Waals surface area contributed by atoms with Crippen LogP contribution in [-0.2, 0) is 0 Å². The maximum absolute atomic E-state index is 5.83. The quantitative estimate of drug-likeness (QED) is 0.739. The number of halogens is 2. The third kappa shape index (κ3) is 3.95. The zero-order chi connectivity index (χ0) is 12.0. The molecule has 0 spiro atoms. The Morgan fingerprint density at radius 2 is 2.19 bits per heavy atom. The van der Waals surface area contributed by atoms with Crippen molar-refractivity contribution in [3.63, 3.8) is 0 Å². The second-order valence-corrected chi connectivity index (χ2v) is 5.12. The summed E-state index contributed by atoms with van der Waals surface area (Å²) in [5, 5.41) is 0. The van der Waals surface area contributed by atoms with E-state index < -0.39 is 0 Å². The molecular weight excluding hydrogens is 288 g/mol. The molecule has 0 aliphatic rings. The van der Waals surface area contributed by atoms with Gasteiger partial charge >= 0.3 is 0 Å². The van der Waals surface area contributed by atoms with Crippen molar-refractivity contribution >= 4 is 33.3 Å². The summed E-state index contributed by atoms with van der Waals surface area (Å²) in [7, 11) is 0. The van der Waals surface area contributed by atoms with Gasteiger partial charge in [-0.3, -0.25) is 0 Å². The fourth-order valence-corrected chi connectivity index (χ4v) is 2.29. The van der Waals surface area contributed by atoms with Gasteiger partial charge in [-0.1, -0.05) is 13.3 Å². The number of aromatic nitrogens is 1. The molecule has 0 saturated heterocycles. The lowest BCUT2D eigenvalue weighted by Crippen LogP contribution is -2.28.